The number of likely N-dealkylation sites (tertiary alicyclic amines) is 2. The third-order valence-electron chi connectivity index (χ3n) is 8.98. The van der Waals surface area contributed by atoms with Gasteiger partial charge in [0.05, 0.1) is 5.92 Å². The van der Waals surface area contributed by atoms with Gasteiger partial charge in [0.2, 0.25) is 0 Å². The lowest BCUT2D eigenvalue weighted by atomic mass is 9.80. The molecule has 41 heavy (non-hydrogen) atoms. The van der Waals surface area contributed by atoms with Crippen LogP contribution in [0.25, 0.3) is 0 Å². The third kappa shape index (κ3) is 9.11. The number of carboxylic acids is 2. The molecule has 2 aromatic heterocycles. The molecule has 3 aliphatic rings. The van der Waals surface area contributed by atoms with E-state index in [2.05, 4.69) is 64.0 Å². The normalized spacial score (nSPS) is 24.6. The Hall–Kier alpha value is -3.28. The first-order valence-electron chi connectivity index (χ1n) is 15.1. The number of carboxylic acid groups (broad SMARTS) is 2. The van der Waals surface area contributed by atoms with Gasteiger partial charge in [0, 0.05) is 36.1 Å². The molecule has 2 atom stereocenters. The number of aromatic nitrogens is 2. The molecule has 4 heterocycles. The molecule has 0 bridgehead atoms. The monoisotopic (exact) mass is 560 g/mol. The Kier molecular flexibility index (Phi) is 11.3. The Labute approximate surface area is 244 Å². The van der Waals surface area contributed by atoms with Gasteiger partial charge in [-0.15, -0.1) is 0 Å². The van der Waals surface area contributed by atoms with Crippen molar-refractivity contribution in [3.8, 4) is 11.8 Å². The van der Waals surface area contributed by atoms with E-state index >= 15 is 0 Å². The summed E-state index contributed by atoms with van der Waals surface area (Å²) in [6.45, 7) is 2.31. The van der Waals surface area contributed by atoms with Crippen molar-refractivity contribution in [2.45, 2.75) is 82.7 Å². The zero-order valence-corrected chi connectivity index (χ0v) is 24.5. The van der Waals surface area contributed by atoms with Crippen molar-refractivity contribution in [3.05, 3.63) is 59.2 Å². The summed E-state index contributed by atoms with van der Waals surface area (Å²) in [5.41, 5.74) is 4.21. The minimum absolute atomic E-state index is 0.0934. The number of rotatable bonds is 7. The van der Waals surface area contributed by atoms with Gasteiger partial charge < -0.3 is 10.2 Å². The molecule has 0 radical (unpaired) electrons. The third-order valence-corrected chi connectivity index (χ3v) is 8.98. The van der Waals surface area contributed by atoms with Crippen molar-refractivity contribution in [2.24, 2.45) is 11.8 Å². The highest BCUT2D eigenvalue weighted by molar-refractivity contribution is 5.87. The van der Waals surface area contributed by atoms with Crippen molar-refractivity contribution in [3.63, 3.8) is 0 Å². The van der Waals surface area contributed by atoms with Crippen LogP contribution < -0.4 is 0 Å². The first-order valence-corrected chi connectivity index (χ1v) is 15.1. The molecule has 220 valence electrons. The van der Waals surface area contributed by atoms with E-state index in [1.54, 1.807) is 12.3 Å². The molecule has 2 saturated heterocycles. The maximum Gasteiger partial charge on any atom is 0.382 e. The Morgan fingerprint density at radius 1 is 0.854 bits per heavy atom. The average Bonchev–Trinajstić information content (AvgIpc) is 3.61. The lowest BCUT2D eigenvalue weighted by Crippen LogP contribution is -2.21. The van der Waals surface area contributed by atoms with Crippen LogP contribution >= 0.6 is 0 Å². The molecule has 0 unspecified atom stereocenters. The highest BCUT2D eigenvalue weighted by atomic mass is 16.4. The summed E-state index contributed by atoms with van der Waals surface area (Å²) < 4.78 is 0. The summed E-state index contributed by atoms with van der Waals surface area (Å²) in [6.07, 6.45) is 16.1. The number of aryl methyl sites for hydroxylation is 1. The number of nitrogens with zero attached hydrogens (tertiary/aromatic N) is 4. The first-order chi connectivity index (χ1) is 19.8. The second-order valence-electron chi connectivity index (χ2n) is 11.8. The molecule has 8 heteroatoms. The van der Waals surface area contributed by atoms with Gasteiger partial charge in [-0.2, -0.15) is 0 Å². The first kappa shape index (κ1) is 30.7. The molecule has 0 aromatic carbocycles. The van der Waals surface area contributed by atoms with Gasteiger partial charge in [-0.05, 0) is 126 Å². The topological polar surface area (TPSA) is 107 Å². The standard InChI is InChI=1S/C20H30N2O2.C13H14N2O2/c1-22-13-3-6-19(22)17-11-12-18(21-14-17)5-2-4-15-7-9-16(10-8-15)20(23)24;1-15-8-2-3-12(15)10-4-5-11(14-9-10)6-7-13(16)17/h11-12,14-16,19H,2-10,13H2,1H3,(H,23,24);4-5,9,12H,2-3,8H2,1H3,(H,16,17)/t15?,16?,19-;12-/m00/s1. The number of pyridine rings is 2. The van der Waals surface area contributed by atoms with Crippen LogP contribution in [0.5, 0.6) is 0 Å². The predicted molar refractivity (Wildman–Crippen MR) is 158 cm³/mol. The van der Waals surface area contributed by atoms with Crippen LogP contribution in [-0.2, 0) is 16.0 Å². The van der Waals surface area contributed by atoms with Crippen molar-refractivity contribution < 1.29 is 19.8 Å². The van der Waals surface area contributed by atoms with E-state index in [4.69, 9.17) is 10.2 Å². The van der Waals surface area contributed by atoms with Crippen LogP contribution in [0.4, 0.5) is 0 Å². The molecule has 2 aliphatic heterocycles. The van der Waals surface area contributed by atoms with Crippen molar-refractivity contribution >= 4 is 11.9 Å². The van der Waals surface area contributed by atoms with Gasteiger partial charge in [-0.3, -0.25) is 19.6 Å². The number of hydrogen-bond acceptors (Lipinski definition) is 6. The maximum absolute atomic E-state index is 11.0. The van der Waals surface area contributed by atoms with Gasteiger partial charge in [0.1, 0.15) is 5.69 Å². The quantitative estimate of drug-likeness (QED) is 0.437. The Balaban J connectivity index is 0.000000201. The van der Waals surface area contributed by atoms with Gasteiger partial charge in [0.25, 0.3) is 0 Å². The fourth-order valence-corrected chi connectivity index (χ4v) is 6.51. The summed E-state index contributed by atoms with van der Waals surface area (Å²) in [6, 6.07) is 9.19. The number of hydrogen-bond donors (Lipinski definition) is 2. The molecule has 1 aliphatic carbocycles. The van der Waals surface area contributed by atoms with E-state index in [0.29, 0.717) is 23.7 Å². The molecule has 3 fully saturated rings. The minimum Gasteiger partial charge on any atom is -0.481 e. The number of carbonyl (C=O) groups is 2. The van der Waals surface area contributed by atoms with Crippen molar-refractivity contribution in [1.82, 2.24) is 19.8 Å². The molecule has 2 N–H and O–H groups in total. The van der Waals surface area contributed by atoms with Crippen molar-refractivity contribution in [1.29, 1.82) is 0 Å². The smallest absolute Gasteiger partial charge is 0.382 e. The largest absolute Gasteiger partial charge is 0.481 e. The van der Waals surface area contributed by atoms with Gasteiger partial charge in [-0.25, -0.2) is 9.78 Å². The molecule has 2 aromatic rings. The summed E-state index contributed by atoms with van der Waals surface area (Å²) in [5, 5.41) is 17.5. The van der Waals surface area contributed by atoms with E-state index < -0.39 is 11.9 Å². The molecule has 5 rings (SSSR count). The predicted octanol–water partition coefficient (Wildman–Crippen LogP) is 5.35. The molecular formula is C33H44N4O4. The molecular weight excluding hydrogens is 516 g/mol. The van der Waals surface area contributed by atoms with Gasteiger partial charge >= 0.3 is 11.9 Å². The van der Waals surface area contributed by atoms with E-state index in [-0.39, 0.29) is 5.92 Å². The van der Waals surface area contributed by atoms with E-state index in [0.717, 1.165) is 51.5 Å². The van der Waals surface area contributed by atoms with Gasteiger partial charge in [-0.1, -0.05) is 18.6 Å². The highest BCUT2D eigenvalue weighted by Gasteiger charge is 2.26. The van der Waals surface area contributed by atoms with Crippen LogP contribution in [-0.4, -0.2) is 69.1 Å². The fourth-order valence-electron chi connectivity index (χ4n) is 6.51. The molecule has 8 nitrogen and oxygen atoms in total. The van der Waals surface area contributed by atoms with Crippen LogP contribution in [0.2, 0.25) is 0 Å². The second kappa shape index (κ2) is 15.1. The van der Waals surface area contributed by atoms with E-state index in [1.807, 2.05) is 6.07 Å². The van der Waals surface area contributed by atoms with Crippen LogP contribution in [0.3, 0.4) is 0 Å². The van der Waals surface area contributed by atoms with Gasteiger partial charge in [0.15, 0.2) is 0 Å². The SMILES string of the molecule is CN1CCC[C@H]1c1ccc(C#CC(=O)O)nc1.CN1CCC[C@H]1c1ccc(CCCC2CCC(C(=O)O)CC2)nc1. The number of aliphatic carboxylic acids is 2. The van der Waals surface area contributed by atoms with E-state index in [9.17, 15) is 9.59 Å². The Bertz CT molecular complexity index is 1200. The van der Waals surface area contributed by atoms with Crippen LogP contribution in [0.1, 0.15) is 98.8 Å². The highest BCUT2D eigenvalue weighted by Crippen LogP contribution is 2.33. The van der Waals surface area contributed by atoms with Crippen molar-refractivity contribution in [2.75, 3.05) is 27.2 Å². The molecule has 1 saturated carbocycles. The van der Waals surface area contributed by atoms with E-state index in [1.165, 1.54) is 49.0 Å². The molecule has 0 amide bonds. The second-order valence-corrected chi connectivity index (χ2v) is 11.8. The Morgan fingerprint density at radius 3 is 1.93 bits per heavy atom. The summed E-state index contributed by atoms with van der Waals surface area (Å²) in [5.74, 6) is 3.43. The lowest BCUT2D eigenvalue weighted by Gasteiger charge is -2.25. The zero-order chi connectivity index (χ0) is 29.2. The summed E-state index contributed by atoms with van der Waals surface area (Å²) in [7, 11) is 4.31. The van der Waals surface area contributed by atoms with Crippen LogP contribution in [0.15, 0.2) is 36.7 Å². The average molecular weight is 561 g/mol. The summed E-state index contributed by atoms with van der Waals surface area (Å²) in [4.78, 5) is 34.8. The Morgan fingerprint density at radius 2 is 1.46 bits per heavy atom. The molecule has 0 spiro atoms. The summed E-state index contributed by atoms with van der Waals surface area (Å²) >= 11 is 0. The minimum atomic E-state index is -1.13. The fraction of sp³-hybridized carbons (Fsp3) is 0.576. The zero-order valence-electron chi connectivity index (χ0n) is 24.5. The maximum atomic E-state index is 11.0. The lowest BCUT2D eigenvalue weighted by molar-refractivity contribution is -0.143. The van der Waals surface area contributed by atoms with Crippen LogP contribution in [0, 0.1) is 23.7 Å².